The molecule has 5 nitrogen and oxygen atoms in total. The molecule has 0 fully saturated rings. The molecule has 0 radical (unpaired) electrons. The summed E-state index contributed by atoms with van der Waals surface area (Å²) in [7, 11) is 0. The second kappa shape index (κ2) is 7.50. The SMILES string of the molecule is Cc1cc(Br)c2c(c1)c(=O)oc(=O)n2CCCOc1ccc(C)c(C)c1. The molecule has 0 spiro atoms. The van der Waals surface area contributed by atoms with Gasteiger partial charge in [-0.15, -0.1) is 0 Å². The summed E-state index contributed by atoms with van der Waals surface area (Å²) in [5.74, 6) is 0.153. The summed E-state index contributed by atoms with van der Waals surface area (Å²) in [5.41, 5.74) is 3.25. The quantitative estimate of drug-likeness (QED) is 0.585. The molecule has 1 heterocycles. The first-order chi connectivity index (χ1) is 12.4. The van der Waals surface area contributed by atoms with Crippen molar-refractivity contribution in [1.82, 2.24) is 4.57 Å². The first kappa shape index (κ1) is 18.5. The number of halogens is 1. The van der Waals surface area contributed by atoms with Crippen LogP contribution in [-0.2, 0) is 6.54 Å². The zero-order chi connectivity index (χ0) is 18.8. The lowest BCUT2D eigenvalue weighted by Gasteiger charge is -2.12. The molecule has 0 amide bonds. The number of aryl methyl sites for hydroxylation is 4. The summed E-state index contributed by atoms with van der Waals surface area (Å²) in [6, 6.07) is 9.56. The summed E-state index contributed by atoms with van der Waals surface area (Å²) >= 11 is 3.46. The molecule has 1 aromatic heterocycles. The Morgan fingerprint density at radius 2 is 1.85 bits per heavy atom. The van der Waals surface area contributed by atoms with Crippen molar-refractivity contribution in [3.63, 3.8) is 0 Å². The minimum Gasteiger partial charge on any atom is -0.494 e. The zero-order valence-corrected chi connectivity index (χ0v) is 16.6. The molecule has 0 saturated carbocycles. The molecule has 3 rings (SSSR count). The van der Waals surface area contributed by atoms with Gasteiger partial charge in [-0.3, -0.25) is 4.57 Å². The number of rotatable bonds is 5. The van der Waals surface area contributed by atoms with E-state index in [1.54, 1.807) is 6.07 Å². The number of ether oxygens (including phenoxy) is 1. The maximum Gasteiger partial charge on any atom is 0.422 e. The van der Waals surface area contributed by atoms with Gasteiger partial charge in [-0.1, -0.05) is 6.07 Å². The van der Waals surface area contributed by atoms with Crippen LogP contribution in [0, 0.1) is 20.8 Å². The Hall–Kier alpha value is -2.34. The third kappa shape index (κ3) is 3.75. The van der Waals surface area contributed by atoms with Crippen LogP contribution in [0.5, 0.6) is 5.75 Å². The first-order valence-electron chi connectivity index (χ1n) is 8.40. The lowest BCUT2D eigenvalue weighted by atomic mass is 10.1. The van der Waals surface area contributed by atoms with E-state index >= 15 is 0 Å². The summed E-state index contributed by atoms with van der Waals surface area (Å²) in [6.07, 6.45) is 0.607. The van der Waals surface area contributed by atoms with E-state index in [-0.39, 0.29) is 0 Å². The topological polar surface area (TPSA) is 61.4 Å². The molecule has 0 atom stereocenters. The highest BCUT2D eigenvalue weighted by Crippen LogP contribution is 2.23. The van der Waals surface area contributed by atoms with E-state index < -0.39 is 11.4 Å². The molecule has 0 unspecified atom stereocenters. The van der Waals surface area contributed by atoms with Crippen molar-refractivity contribution in [2.45, 2.75) is 33.7 Å². The van der Waals surface area contributed by atoms with E-state index in [0.29, 0.717) is 34.9 Å². The molecular weight excluding hydrogens is 398 g/mol. The second-order valence-corrected chi connectivity index (χ2v) is 7.25. The summed E-state index contributed by atoms with van der Waals surface area (Å²) in [4.78, 5) is 24.2. The van der Waals surface area contributed by atoms with Gasteiger partial charge in [-0.05, 0) is 84.1 Å². The molecular formula is C20H20BrNO4. The molecule has 136 valence electrons. The second-order valence-electron chi connectivity index (χ2n) is 6.40. The summed E-state index contributed by atoms with van der Waals surface area (Å²) < 4.78 is 12.8. The highest BCUT2D eigenvalue weighted by molar-refractivity contribution is 9.10. The molecule has 2 aromatic carbocycles. The molecule has 0 aliphatic heterocycles. The molecule has 0 aliphatic rings. The van der Waals surface area contributed by atoms with Crippen LogP contribution in [0.3, 0.4) is 0 Å². The van der Waals surface area contributed by atoms with E-state index in [2.05, 4.69) is 22.9 Å². The number of benzene rings is 2. The van der Waals surface area contributed by atoms with Crippen molar-refractivity contribution in [1.29, 1.82) is 0 Å². The third-order valence-corrected chi connectivity index (χ3v) is 4.98. The van der Waals surface area contributed by atoms with Gasteiger partial charge in [0, 0.05) is 11.0 Å². The van der Waals surface area contributed by atoms with E-state index in [1.807, 2.05) is 38.1 Å². The lowest BCUT2D eigenvalue weighted by Crippen LogP contribution is -2.26. The molecule has 0 aliphatic carbocycles. The van der Waals surface area contributed by atoms with Crippen molar-refractivity contribution in [2.24, 2.45) is 0 Å². The fourth-order valence-electron chi connectivity index (χ4n) is 2.86. The van der Waals surface area contributed by atoms with Crippen LogP contribution in [0.2, 0.25) is 0 Å². The Balaban J connectivity index is 1.80. The minimum atomic E-state index is -0.654. The largest absolute Gasteiger partial charge is 0.494 e. The van der Waals surface area contributed by atoms with Gasteiger partial charge >= 0.3 is 11.4 Å². The van der Waals surface area contributed by atoms with Gasteiger partial charge in [0.05, 0.1) is 17.5 Å². The molecule has 0 saturated heterocycles. The van der Waals surface area contributed by atoms with Crippen molar-refractivity contribution in [2.75, 3.05) is 6.61 Å². The van der Waals surface area contributed by atoms with Gasteiger partial charge in [0.2, 0.25) is 0 Å². The zero-order valence-electron chi connectivity index (χ0n) is 15.0. The van der Waals surface area contributed by atoms with E-state index in [4.69, 9.17) is 9.15 Å². The van der Waals surface area contributed by atoms with Gasteiger partial charge < -0.3 is 9.15 Å². The average Bonchev–Trinajstić information content (AvgIpc) is 2.57. The first-order valence-corrected chi connectivity index (χ1v) is 9.20. The highest BCUT2D eigenvalue weighted by atomic mass is 79.9. The molecule has 0 N–H and O–H groups in total. The Labute approximate surface area is 159 Å². The summed E-state index contributed by atoms with van der Waals surface area (Å²) in [5, 5.41) is 0.395. The number of nitrogens with zero attached hydrogens (tertiary/aromatic N) is 1. The van der Waals surface area contributed by atoms with Gasteiger partial charge in [0.25, 0.3) is 0 Å². The van der Waals surface area contributed by atoms with Crippen LogP contribution in [0.15, 0.2) is 48.8 Å². The molecule has 3 aromatic rings. The Morgan fingerprint density at radius 3 is 2.58 bits per heavy atom. The maximum absolute atomic E-state index is 12.2. The van der Waals surface area contributed by atoms with Gasteiger partial charge in [-0.25, -0.2) is 9.59 Å². The van der Waals surface area contributed by atoms with Crippen molar-refractivity contribution in [3.05, 3.63) is 72.5 Å². The predicted octanol–water partition coefficient (Wildman–Crippen LogP) is 4.11. The third-order valence-electron chi connectivity index (χ3n) is 4.37. The van der Waals surface area contributed by atoms with Crippen LogP contribution in [0.25, 0.3) is 10.9 Å². The Morgan fingerprint density at radius 1 is 1.08 bits per heavy atom. The van der Waals surface area contributed by atoms with Crippen LogP contribution in [0.1, 0.15) is 23.1 Å². The van der Waals surface area contributed by atoms with Gasteiger partial charge in [-0.2, -0.15) is 0 Å². The fraction of sp³-hybridized carbons (Fsp3) is 0.300. The fourth-order valence-corrected chi connectivity index (χ4v) is 3.65. The monoisotopic (exact) mass is 417 g/mol. The smallest absolute Gasteiger partial charge is 0.422 e. The molecule has 26 heavy (non-hydrogen) atoms. The lowest BCUT2D eigenvalue weighted by molar-refractivity contribution is 0.296. The number of aromatic nitrogens is 1. The minimum absolute atomic E-state index is 0.394. The van der Waals surface area contributed by atoms with Crippen LogP contribution >= 0.6 is 15.9 Å². The Bertz CT molecular complexity index is 1080. The predicted molar refractivity (Wildman–Crippen MR) is 105 cm³/mol. The van der Waals surface area contributed by atoms with E-state index in [0.717, 1.165) is 11.3 Å². The average molecular weight is 418 g/mol. The maximum atomic E-state index is 12.2. The normalized spacial score (nSPS) is 11.1. The van der Waals surface area contributed by atoms with Crippen LogP contribution in [-0.4, -0.2) is 11.2 Å². The number of hydrogen-bond donors (Lipinski definition) is 0. The van der Waals surface area contributed by atoms with E-state index in [9.17, 15) is 9.59 Å². The summed E-state index contributed by atoms with van der Waals surface area (Å²) in [6.45, 7) is 6.83. The van der Waals surface area contributed by atoms with Crippen molar-refractivity contribution in [3.8, 4) is 5.75 Å². The van der Waals surface area contributed by atoms with Crippen molar-refractivity contribution < 1.29 is 9.15 Å². The van der Waals surface area contributed by atoms with Crippen LogP contribution < -0.4 is 16.1 Å². The van der Waals surface area contributed by atoms with Gasteiger partial charge in [0.1, 0.15) is 5.75 Å². The molecule has 6 heteroatoms. The van der Waals surface area contributed by atoms with Crippen LogP contribution in [0.4, 0.5) is 0 Å². The van der Waals surface area contributed by atoms with E-state index in [1.165, 1.54) is 15.7 Å². The van der Waals surface area contributed by atoms with Gasteiger partial charge in [0.15, 0.2) is 0 Å². The highest BCUT2D eigenvalue weighted by Gasteiger charge is 2.13. The van der Waals surface area contributed by atoms with Crippen molar-refractivity contribution >= 4 is 26.8 Å². The standard InChI is InChI=1S/C20H20BrNO4/c1-12-9-16-18(17(21)10-12)22(20(24)26-19(16)23)7-4-8-25-15-6-5-13(2)14(3)11-15/h5-6,9-11H,4,7-8H2,1-3H3. The Kier molecular flexibility index (Phi) is 5.32. The number of hydrogen-bond acceptors (Lipinski definition) is 4. The number of fused-ring (bicyclic) bond motifs is 1. The molecule has 0 bridgehead atoms.